The maximum Gasteiger partial charge on any atom is 0.410 e. The molecular weight excluding hydrogens is 530 g/mol. The van der Waals surface area contributed by atoms with Crippen molar-refractivity contribution >= 4 is 33.6 Å². The van der Waals surface area contributed by atoms with Crippen LogP contribution in [-0.2, 0) is 24.3 Å². The first-order valence-electron chi connectivity index (χ1n) is 13.9. The van der Waals surface area contributed by atoms with Crippen LogP contribution in [-0.4, -0.2) is 90.6 Å². The van der Waals surface area contributed by atoms with E-state index in [0.717, 1.165) is 38.5 Å². The first kappa shape index (κ1) is 25.1. The molecule has 6 fully saturated rings. The fourth-order valence-corrected chi connectivity index (χ4v) is 8.81. The van der Waals surface area contributed by atoms with Gasteiger partial charge in [-0.2, -0.15) is 4.31 Å². The molecule has 2 bridgehead atoms. The zero-order valence-corrected chi connectivity index (χ0v) is 22.9. The van der Waals surface area contributed by atoms with Crippen molar-refractivity contribution in [2.75, 3.05) is 26.3 Å². The Bertz CT molecular complexity index is 1220. The lowest BCUT2D eigenvalue weighted by atomic mass is 10.0. The summed E-state index contributed by atoms with van der Waals surface area (Å²) in [5.41, 5.74) is -0.899. The maximum atomic E-state index is 14.0. The molecule has 3 saturated heterocycles. The highest BCUT2D eigenvalue weighted by molar-refractivity contribution is 7.89. The van der Waals surface area contributed by atoms with Crippen molar-refractivity contribution < 1.29 is 27.5 Å². The Morgan fingerprint density at radius 1 is 0.947 bits per heavy atom. The molecule has 206 valence electrons. The third kappa shape index (κ3) is 4.32. The molecule has 3 aliphatic heterocycles. The number of halogens is 1. The molecule has 11 heteroatoms. The molecule has 4 atom stereocenters. The van der Waals surface area contributed by atoms with Crippen LogP contribution < -0.4 is 0 Å². The van der Waals surface area contributed by atoms with Gasteiger partial charge in [0.1, 0.15) is 5.60 Å². The summed E-state index contributed by atoms with van der Waals surface area (Å²) in [7, 11) is -3.87. The van der Waals surface area contributed by atoms with Crippen molar-refractivity contribution in [3.05, 3.63) is 29.3 Å². The van der Waals surface area contributed by atoms with Crippen LogP contribution in [0, 0.1) is 11.8 Å². The Morgan fingerprint density at radius 2 is 1.61 bits per heavy atom. The molecule has 9 nitrogen and oxygen atoms in total. The van der Waals surface area contributed by atoms with Gasteiger partial charge in [-0.05, 0) is 81.5 Å². The number of ether oxygens (including phenoxy) is 2. The van der Waals surface area contributed by atoms with Crippen LogP contribution in [0.4, 0.5) is 4.79 Å². The van der Waals surface area contributed by atoms with E-state index in [4.69, 9.17) is 21.1 Å². The number of hydrogen-bond acceptors (Lipinski definition) is 6. The summed E-state index contributed by atoms with van der Waals surface area (Å²) < 4.78 is 41.8. The van der Waals surface area contributed by atoms with E-state index in [0.29, 0.717) is 37.6 Å². The number of benzene rings is 1. The number of piperazine rings is 1. The van der Waals surface area contributed by atoms with E-state index in [-0.39, 0.29) is 47.4 Å². The molecule has 3 aliphatic carbocycles. The lowest BCUT2D eigenvalue weighted by Crippen LogP contribution is -2.62. The standard InChI is InChI=1S/C27H34ClN3O6S/c28-19-5-9-22(10-6-19)38(34,35)31-23(17-1-2-17)15-36-16-24(31)27(11-12-27)37-26(33)29-13-20-7-8-21(14-29)30(20)25(32)18-3-4-18/h5-6,9-10,17-18,20-21,23-24H,1-4,7-8,11-16H2/t20?,21?,23-,24+/m0/s1. The van der Waals surface area contributed by atoms with Gasteiger partial charge in [-0.1, -0.05) is 11.6 Å². The molecule has 1 aromatic carbocycles. The molecule has 0 aromatic heterocycles. The van der Waals surface area contributed by atoms with Gasteiger partial charge in [-0.15, -0.1) is 0 Å². The Morgan fingerprint density at radius 3 is 2.18 bits per heavy atom. The number of sulfonamides is 1. The fraction of sp³-hybridized carbons (Fsp3) is 0.704. The van der Waals surface area contributed by atoms with Crippen molar-refractivity contribution in [1.29, 1.82) is 0 Å². The second kappa shape index (κ2) is 9.08. The van der Waals surface area contributed by atoms with Crippen LogP contribution in [0.25, 0.3) is 0 Å². The minimum Gasteiger partial charge on any atom is -0.441 e. The predicted molar refractivity (Wildman–Crippen MR) is 138 cm³/mol. The Hall–Kier alpha value is -1.88. The minimum absolute atomic E-state index is 0.0450. The van der Waals surface area contributed by atoms with E-state index in [9.17, 15) is 18.0 Å². The van der Waals surface area contributed by atoms with Gasteiger partial charge in [-0.3, -0.25) is 4.79 Å². The molecule has 0 N–H and O–H groups in total. The van der Waals surface area contributed by atoms with E-state index in [2.05, 4.69) is 0 Å². The summed E-state index contributed by atoms with van der Waals surface area (Å²) in [6, 6.07) is 5.48. The molecule has 38 heavy (non-hydrogen) atoms. The number of fused-ring (bicyclic) bond motifs is 2. The van der Waals surface area contributed by atoms with E-state index in [1.54, 1.807) is 21.3 Å². The quantitative estimate of drug-likeness (QED) is 0.527. The number of likely N-dealkylation sites (tertiary alicyclic amines) is 1. The van der Waals surface area contributed by atoms with Gasteiger partial charge in [0, 0.05) is 36.1 Å². The summed E-state index contributed by atoms with van der Waals surface area (Å²) in [4.78, 5) is 30.3. The fourth-order valence-electron chi connectivity index (χ4n) is 6.78. The Labute approximate surface area is 228 Å². The number of carbonyl (C=O) groups excluding carboxylic acids is 2. The van der Waals surface area contributed by atoms with E-state index in [1.807, 2.05) is 4.90 Å². The van der Waals surface area contributed by atoms with Crippen molar-refractivity contribution in [3.63, 3.8) is 0 Å². The Balaban J connectivity index is 1.11. The summed E-state index contributed by atoms with van der Waals surface area (Å²) in [6.45, 7) is 1.49. The van der Waals surface area contributed by atoms with Gasteiger partial charge in [-0.25, -0.2) is 13.2 Å². The van der Waals surface area contributed by atoms with Gasteiger partial charge >= 0.3 is 6.09 Å². The summed E-state index contributed by atoms with van der Waals surface area (Å²) in [6.07, 6.45) is 6.49. The SMILES string of the molecule is O=C(OC1([C@H]2COC[C@@H](C3CC3)N2S(=O)(=O)c2ccc(Cl)cc2)CC1)N1CC2CCC(C1)N2C(=O)C1CC1. The third-order valence-corrected chi connectivity index (χ3v) is 11.5. The lowest BCUT2D eigenvalue weighted by Gasteiger charge is -2.45. The molecule has 3 heterocycles. The number of hydrogen-bond donors (Lipinski definition) is 0. The summed E-state index contributed by atoms with van der Waals surface area (Å²) in [5, 5.41) is 0.474. The summed E-state index contributed by atoms with van der Waals surface area (Å²) >= 11 is 6.04. The molecule has 0 spiro atoms. The van der Waals surface area contributed by atoms with Gasteiger partial charge in [0.05, 0.1) is 30.2 Å². The van der Waals surface area contributed by atoms with Crippen LogP contribution in [0.15, 0.2) is 29.2 Å². The number of nitrogens with zero attached hydrogens (tertiary/aromatic N) is 3. The van der Waals surface area contributed by atoms with Crippen LogP contribution in [0.1, 0.15) is 51.4 Å². The number of rotatable bonds is 6. The van der Waals surface area contributed by atoms with Gasteiger partial charge in [0.25, 0.3) is 0 Å². The van der Waals surface area contributed by atoms with Crippen LogP contribution in [0.3, 0.4) is 0 Å². The topological polar surface area (TPSA) is 96.5 Å². The highest BCUT2D eigenvalue weighted by Crippen LogP contribution is 2.51. The van der Waals surface area contributed by atoms with Crippen molar-refractivity contribution in [2.45, 2.75) is 86.0 Å². The molecule has 3 saturated carbocycles. The van der Waals surface area contributed by atoms with Gasteiger partial charge < -0.3 is 19.3 Å². The lowest BCUT2D eigenvalue weighted by molar-refractivity contribution is -0.138. The molecule has 7 rings (SSSR count). The second-order valence-electron chi connectivity index (χ2n) is 12.0. The van der Waals surface area contributed by atoms with Crippen molar-refractivity contribution in [1.82, 2.24) is 14.1 Å². The number of amides is 2. The van der Waals surface area contributed by atoms with Crippen molar-refractivity contribution in [3.8, 4) is 0 Å². The first-order valence-corrected chi connectivity index (χ1v) is 15.8. The first-order chi connectivity index (χ1) is 18.3. The van der Waals surface area contributed by atoms with E-state index < -0.39 is 27.8 Å². The summed E-state index contributed by atoms with van der Waals surface area (Å²) in [5.74, 6) is 0.669. The molecule has 6 aliphatic rings. The van der Waals surface area contributed by atoms with Crippen LogP contribution in [0.5, 0.6) is 0 Å². The monoisotopic (exact) mass is 563 g/mol. The van der Waals surface area contributed by atoms with E-state index >= 15 is 0 Å². The molecule has 1 aromatic rings. The predicted octanol–water partition coefficient (Wildman–Crippen LogP) is 3.26. The van der Waals surface area contributed by atoms with Crippen LogP contribution in [0.2, 0.25) is 5.02 Å². The zero-order valence-electron chi connectivity index (χ0n) is 21.3. The largest absolute Gasteiger partial charge is 0.441 e. The molecule has 0 radical (unpaired) electrons. The average molecular weight is 564 g/mol. The molecule has 2 unspecified atom stereocenters. The minimum atomic E-state index is -3.87. The zero-order chi connectivity index (χ0) is 26.2. The van der Waals surface area contributed by atoms with Crippen LogP contribution >= 0.6 is 11.6 Å². The second-order valence-corrected chi connectivity index (χ2v) is 14.3. The number of carbonyl (C=O) groups is 2. The normalized spacial score (nSPS) is 32.8. The van der Waals surface area contributed by atoms with Crippen molar-refractivity contribution in [2.24, 2.45) is 11.8 Å². The smallest absolute Gasteiger partial charge is 0.410 e. The maximum absolute atomic E-state index is 14.0. The average Bonchev–Trinajstić information content (AvgIpc) is 3.76. The molecule has 2 amide bonds. The van der Waals surface area contributed by atoms with Gasteiger partial charge in [0.15, 0.2) is 0 Å². The van der Waals surface area contributed by atoms with E-state index in [1.165, 1.54) is 12.1 Å². The Kier molecular flexibility index (Phi) is 6.00. The third-order valence-electron chi connectivity index (χ3n) is 9.32. The molecular formula is C27H34ClN3O6S. The highest BCUT2D eigenvalue weighted by Gasteiger charge is 2.62. The number of morpholine rings is 1. The highest BCUT2D eigenvalue weighted by atomic mass is 35.5. The van der Waals surface area contributed by atoms with Gasteiger partial charge in [0.2, 0.25) is 15.9 Å².